The maximum Gasteiger partial charge on any atom is 0.276 e. The molecule has 0 saturated carbocycles. The van der Waals surface area contributed by atoms with E-state index in [1.54, 1.807) is 6.07 Å². The van der Waals surface area contributed by atoms with Crippen molar-refractivity contribution in [2.24, 2.45) is 0 Å². The lowest BCUT2D eigenvalue weighted by atomic mass is 10.2. The first-order chi connectivity index (χ1) is 13.0. The second-order valence-electron chi connectivity index (χ2n) is 5.35. The lowest BCUT2D eigenvalue weighted by Crippen LogP contribution is -2.17. The zero-order chi connectivity index (χ0) is 19.4. The van der Waals surface area contributed by atoms with Crippen LogP contribution in [0.15, 0.2) is 61.3 Å². The van der Waals surface area contributed by atoms with Crippen molar-refractivity contribution in [1.82, 2.24) is 15.0 Å². The van der Waals surface area contributed by atoms with Gasteiger partial charge in [-0.15, -0.1) is 5.10 Å². The van der Waals surface area contributed by atoms with Crippen molar-refractivity contribution in [2.45, 2.75) is 0 Å². The molecule has 3 aromatic rings. The number of hydrogen-bond acceptors (Lipinski definition) is 4. The average molecular weight is 369 g/mol. The normalized spacial score (nSPS) is 10.3. The van der Waals surface area contributed by atoms with E-state index in [9.17, 15) is 18.4 Å². The molecule has 0 spiro atoms. The van der Waals surface area contributed by atoms with E-state index in [0.717, 1.165) is 12.1 Å². The molecule has 0 saturated heterocycles. The highest BCUT2D eigenvalue weighted by Gasteiger charge is 2.16. The van der Waals surface area contributed by atoms with Gasteiger partial charge in [0.05, 0.1) is 17.6 Å². The highest BCUT2D eigenvalue weighted by Crippen LogP contribution is 2.21. The molecule has 136 valence electrons. The molecule has 0 aliphatic carbocycles. The van der Waals surface area contributed by atoms with Gasteiger partial charge < -0.3 is 10.6 Å². The molecular formula is C18H13F2N5O2. The summed E-state index contributed by atoms with van der Waals surface area (Å²) in [6.07, 6.45) is 2.21. The molecule has 0 aliphatic heterocycles. The molecule has 2 N–H and O–H groups in total. The van der Waals surface area contributed by atoms with Crippen LogP contribution in [-0.2, 0) is 4.79 Å². The first-order valence-electron chi connectivity index (χ1n) is 7.69. The van der Waals surface area contributed by atoms with Crippen LogP contribution in [0.1, 0.15) is 10.5 Å². The van der Waals surface area contributed by atoms with Crippen LogP contribution in [-0.4, -0.2) is 26.8 Å². The first kappa shape index (κ1) is 17.9. The summed E-state index contributed by atoms with van der Waals surface area (Å²) >= 11 is 0. The Hall–Kier alpha value is -3.88. The fourth-order valence-corrected chi connectivity index (χ4v) is 2.27. The number of aromatic nitrogens is 3. The minimum atomic E-state index is -0.672. The molecule has 0 bridgehead atoms. The van der Waals surface area contributed by atoms with Crippen LogP contribution in [0.25, 0.3) is 5.69 Å². The van der Waals surface area contributed by atoms with Gasteiger partial charge in [0.1, 0.15) is 11.6 Å². The van der Waals surface area contributed by atoms with Gasteiger partial charge in [-0.3, -0.25) is 9.59 Å². The van der Waals surface area contributed by atoms with E-state index in [0.29, 0.717) is 5.69 Å². The van der Waals surface area contributed by atoms with Crippen molar-refractivity contribution in [1.29, 1.82) is 0 Å². The second kappa shape index (κ2) is 7.56. The van der Waals surface area contributed by atoms with Gasteiger partial charge in [0.15, 0.2) is 5.69 Å². The molecule has 9 heteroatoms. The van der Waals surface area contributed by atoms with Gasteiger partial charge >= 0.3 is 0 Å². The van der Waals surface area contributed by atoms with E-state index in [4.69, 9.17) is 0 Å². The number of amides is 2. The Morgan fingerprint density at radius 3 is 2.67 bits per heavy atom. The highest BCUT2D eigenvalue weighted by atomic mass is 19.1. The summed E-state index contributed by atoms with van der Waals surface area (Å²) < 4.78 is 28.4. The van der Waals surface area contributed by atoms with Crippen LogP contribution < -0.4 is 10.6 Å². The Balaban J connectivity index is 1.85. The quantitative estimate of drug-likeness (QED) is 0.677. The number of benzene rings is 2. The Morgan fingerprint density at radius 2 is 1.93 bits per heavy atom. The standard InChI is InChI=1S/C18H13F2N5O2/c1-2-17(26)23-15-9-12(6-7-14(15)20)22-18(27)16-10-21-24-25(16)13-5-3-4-11(19)8-13/h2-10H,1H2,(H,22,27)(H,23,26). The molecule has 1 heterocycles. The summed E-state index contributed by atoms with van der Waals surface area (Å²) in [5, 5.41) is 12.3. The third-order valence-electron chi connectivity index (χ3n) is 3.50. The molecular weight excluding hydrogens is 356 g/mol. The predicted octanol–water partition coefficient (Wildman–Crippen LogP) is 2.92. The van der Waals surface area contributed by atoms with Gasteiger partial charge in [0.25, 0.3) is 5.91 Å². The van der Waals surface area contributed by atoms with Crippen LogP contribution in [0.2, 0.25) is 0 Å². The number of hydrogen-bond donors (Lipinski definition) is 2. The average Bonchev–Trinajstić information content (AvgIpc) is 3.14. The zero-order valence-corrected chi connectivity index (χ0v) is 13.8. The van der Waals surface area contributed by atoms with Gasteiger partial charge in [0.2, 0.25) is 5.91 Å². The van der Waals surface area contributed by atoms with Crippen LogP contribution in [0.3, 0.4) is 0 Å². The van der Waals surface area contributed by atoms with Gasteiger partial charge in [-0.1, -0.05) is 17.9 Å². The second-order valence-corrected chi connectivity index (χ2v) is 5.35. The number of nitrogens with zero attached hydrogens (tertiary/aromatic N) is 3. The van der Waals surface area contributed by atoms with Crippen molar-refractivity contribution in [2.75, 3.05) is 10.6 Å². The van der Waals surface area contributed by atoms with Crippen LogP contribution in [0.4, 0.5) is 20.2 Å². The van der Waals surface area contributed by atoms with E-state index in [-0.39, 0.29) is 17.1 Å². The Morgan fingerprint density at radius 1 is 1.11 bits per heavy atom. The smallest absolute Gasteiger partial charge is 0.276 e. The maximum atomic E-state index is 13.8. The Bertz CT molecular complexity index is 1030. The van der Waals surface area contributed by atoms with Gasteiger partial charge in [-0.2, -0.15) is 0 Å². The van der Waals surface area contributed by atoms with E-state index in [1.165, 1.54) is 41.2 Å². The molecule has 0 atom stereocenters. The minimum Gasteiger partial charge on any atom is -0.321 e. The number of rotatable bonds is 5. The Labute approximate surface area is 152 Å². The number of nitrogens with one attached hydrogen (secondary N) is 2. The number of carbonyl (C=O) groups excluding carboxylic acids is 2. The van der Waals surface area contributed by atoms with Gasteiger partial charge in [0, 0.05) is 5.69 Å². The first-order valence-corrected chi connectivity index (χ1v) is 7.69. The maximum absolute atomic E-state index is 13.8. The highest BCUT2D eigenvalue weighted by molar-refractivity contribution is 6.04. The molecule has 7 nitrogen and oxygen atoms in total. The van der Waals surface area contributed by atoms with E-state index in [2.05, 4.69) is 27.5 Å². The SMILES string of the molecule is C=CC(=O)Nc1cc(NC(=O)c2cnnn2-c2cccc(F)c2)ccc1F. The number of carbonyl (C=O) groups is 2. The third-order valence-corrected chi connectivity index (χ3v) is 3.50. The molecule has 0 fully saturated rings. The fourth-order valence-electron chi connectivity index (χ4n) is 2.27. The van der Waals surface area contributed by atoms with E-state index in [1.807, 2.05) is 0 Å². The summed E-state index contributed by atoms with van der Waals surface area (Å²) in [6.45, 7) is 3.29. The van der Waals surface area contributed by atoms with E-state index >= 15 is 0 Å². The Kier molecular flexibility index (Phi) is 5.02. The van der Waals surface area contributed by atoms with Crippen molar-refractivity contribution in [3.63, 3.8) is 0 Å². The lowest BCUT2D eigenvalue weighted by Gasteiger charge is -2.10. The topological polar surface area (TPSA) is 88.9 Å². The largest absolute Gasteiger partial charge is 0.321 e. The molecule has 0 radical (unpaired) electrons. The van der Waals surface area contributed by atoms with E-state index < -0.39 is 23.4 Å². The minimum absolute atomic E-state index is 0.0432. The van der Waals surface area contributed by atoms with Crippen LogP contribution in [0, 0.1) is 11.6 Å². The van der Waals surface area contributed by atoms with Crippen molar-refractivity contribution in [3.8, 4) is 5.69 Å². The number of anilines is 2. The molecule has 0 aliphatic rings. The fraction of sp³-hybridized carbons (Fsp3) is 0. The lowest BCUT2D eigenvalue weighted by molar-refractivity contribution is -0.111. The van der Waals surface area contributed by atoms with Crippen molar-refractivity contribution < 1.29 is 18.4 Å². The van der Waals surface area contributed by atoms with Crippen molar-refractivity contribution in [3.05, 3.63) is 78.6 Å². The molecule has 3 rings (SSSR count). The van der Waals surface area contributed by atoms with Gasteiger partial charge in [-0.25, -0.2) is 13.5 Å². The summed E-state index contributed by atoms with van der Waals surface area (Å²) in [4.78, 5) is 23.9. The summed E-state index contributed by atoms with van der Waals surface area (Å²) in [5.41, 5.74) is 0.472. The van der Waals surface area contributed by atoms with Crippen molar-refractivity contribution >= 4 is 23.2 Å². The monoisotopic (exact) mass is 369 g/mol. The molecule has 2 aromatic carbocycles. The zero-order valence-electron chi connectivity index (χ0n) is 13.8. The van der Waals surface area contributed by atoms with Gasteiger partial charge in [-0.05, 0) is 42.5 Å². The number of halogens is 2. The summed E-state index contributed by atoms with van der Waals surface area (Å²) in [6, 6.07) is 9.18. The summed E-state index contributed by atoms with van der Waals surface area (Å²) in [7, 11) is 0. The molecule has 0 unspecified atom stereocenters. The van der Waals surface area contributed by atoms with Crippen LogP contribution >= 0.6 is 0 Å². The molecule has 27 heavy (non-hydrogen) atoms. The third kappa shape index (κ3) is 4.03. The van der Waals surface area contributed by atoms with Crippen LogP contribution in [0.5, 0.6) is 0 Å². The predicted molar refractivity (Wildman–Crippen MR) is 94.5 cm³/mol. The molecule has 2 amide bonds. The molecule has 1 aromatic heterocycles. The summed E-state index contributed by atoms with van der Waals surface area (Å²) in [5.74, 6) is -2.35.